The fraction of sp³-hybridized carbons (Fsp3) is 0.308. The first kappa shape index (κ1) is 21.6. The van der Waals surface area contributed by atoms with Gasteiger partial charge in [0.25, 0.3) is 0 Å². The van der Waals surface area contributed by atoms with E-state index in [0.29, 0.717) is 6.04 Å². The molecule has 3 rings (SSSR count). The van der Waals surface area contributed by atoms with Gasteiger partial charge in [-0.3, -0.25) is 4.74 Å². The second kappa shape index (κ2) is 10.6. The maximum Gasteiger partial charge on any atom is 0.0621 e. The molecule has 0 aliphatic carbocycles. The Labute approximate surface area is 176 Å². The van der Waals surface area contributed by atoms with Gasteiger partial charge >= 0.3 is 0 Å². The Bertz CT molecular complexity index is 874. The van der Waals surface area contributed by atoms with Gasteiger partial charge in [0, 0.05) is 19.3 Å². The summed E-state index contributed by atoms with van der Waals surface area (Å²) in [6, 6.07) is 30.8. The number of benzene rings is 3. The van der Waals surface area contributed by atoms with Gasteiger partial charge in [-0.15, -0.1) is 0 Å². The number of hydrogen-bond acceptors (Lipinski definition) is 2. The summed E-state index contributed by atoms with van der Waals surface area (Å²) in [6.07, 6.45) is 3.44. The van der Waals surface area contributed by atoms with Gasteiger partial charge in [-0.05, 0) is 49.6 Å². The zero-order valence-corrected chi connectivity index (χ0v) is 18.8. The highest BCUT2D eigenvalue weighted by molar-refractivity contribution is 7.81. The fourth-order valence-corrected chi connectivity index (χ4v) is 7.47. The SMILES string of the molecule is CCCCNC(C)CP(=Nc1ccc(C)cc1)(c1ccccc1)c1ccccc1. The highest BCUT2D eigenvalue weighted by Crippen LogP contribution is 2.50. The molecular formula is C26H33N2P. The summed E-state index contributed by atoms with van der Waals surface area (Å²) >= 11 is 0. The molecule has 0 saturated carbocycles. The number of aryl methyl sites for hydroxylation is 1. The van der Waals surface area contributed by atoms with Crippen LogP contribution in [-0.4, -0.2) is 18.7 Å². The monoisotopic (exact) mass is 404 g/mol. The Balaban J connectivity index is 2.15. The van der Waals surface area contributed by atoms with Crippen molar-refractivity contribution in [3.63, 3.8) is 0 Å². The first-order valence-electron chi connectivity index (χ1n) is 10.7. The smallest absolute Gasteiger partial charge is 0.0621 e. The molecule has 1 unspecified atom stereocenters. The predicted molar refractivity (Wildman–Crippen MR) is 130 cm³/mol. The number of rotatable bonds is 9. The molecule has 0 fully saturated rings. The molecule has 0 aromatic heterocycles. The second-order valence-corrected chi connectivity index (χ2v) is 10.9. The topological polar surface area (TPSA) is 24.4 Å². The molecule has 0 spiro atoms. The van der Waals surface area contributed by atoms with Gasteiger partial charge in [0.15, 0.2) is 0 Å². The number of unbranched alkanes of at least 4 members (excludes halogenated alkanes) is 1. The van der Waals surface area contributed by atoms with E-state index in [4.69, 9.17) is 4.74 Å². The summed E-state index contributed by atoms with van der Waals surface area (Å²) in [4.78, 5) is 0. The van der Waals surface area contributed by atoms with Crippen LogP contribution in [0.4, 0.5) is 5.69 Å². The zero-order valence-electron chi connectivity index (χ0n) is 17.9. The largest absolute Gasteiger partial charge is 0.314 e. The van der Waals surface area contributed by atoms with Crippen molar-refractivity contribution >= 4 is 23.4 Å². The summed E-state index contributed by atoms with van der Waals surface area (Å²) in [5, 5.41) is 6.43. The maximum absolute atomic E-state index is 5.51. The molecule has 29 heavy (non-hydrogen) atoms. The van der Waals surface area contributed by atoms with Crippen LogP contribution >= 0.6 is 7.05 Å². The second-order valence-electron chi connectivity index (χ2n) is 7.77. The Morgan fingerprint density at radius 1 is 0.828 bits per heavy atom. The van der Waals surface area contributed by atoms with Crippen LogP contribution in [0.25, 0.3) is 0 Å². The standard InChI is InChI=1S/C26H33N2P/c1-4-5-20-27-23(3)21-29(25-12-8-6-9-13-25,26-14-10-7-11-15-26)28-24-18-16-22(2)17-19-24/h6-19,23,27H,4-5,20-21H2,1-3H3. The first-order valence-corrected chi connectivity index (χ1v) is 12.6. The van der Waals surface area contributed by atoms with Crippen LogP contribution in [0.1, 0.15) is 32.3 Å². The van der Waals surface area contributed by atoms with Gasteiger partial charge < -0.3 is 5.32 Å². The molecule has 0 heterocycles. The van der Waals surface area contributed by atoms with Crippen LogP contribution in [0.5, 0.6) is 0 Å². The van der Waals surface area contributed by atoms with E-state index in [-0.39, 0.29) is 0 Å². The maximum atomic E-state index is 5.51. The van der Waals surface area contributed by atoms with E-state index in [0.717, 1.165) is 18.4 Å². The zero-order chi connectivity index (χ0) is 20.5. The average molecular weight is 405 g/mol. The lowest BCUT2D eigenvalue weighted by atomic mass is 10.2. The third-order valence-corrected chi connectivity index (χ3v) is 9.20. The lowest BCUT2D eigenvalue weighted by Gasteiger charge is -2.29. The molecule has 152 valence electrons. The Morgan fingerprint density at radius 2 is 1.38 bits per heavy atom. The van der Waals surface area contributed by atoms with Gasteiger partial charge in [-0.2, -0.15) is 0 Å². The van der Waals surface area contributed by atoms with Crippen LogP contribution in [0.2, 0.25) is 0 Å². The van der Waals surface area contributed by atoms with Crippen LogP contribution in [0, 0.1) is 6.92 Å². The van der Waals surface area contributed by atoms with E-state index in [9.17, 15) is 0 Å². The Hall–Kier alpha value is -2.15. The minimum Gasteiger partial charge on any atom is -0.314 e. The predicted octanol–water partition coefficient (Wildman–Crippen LogP) is 6.26. The van der Waals surface area contributed by atoms with Gasteiger partial charge in [0.05, 0.1) is 5.69 Å². The number of hydrogen-bond donors (Lipinski definition) is 1. The van der Waals surface area contributed by atoms with Crippen molar-refractivity contribution in [2.45, 2.75) is 39.7 Å². The molecule has 3 aromatic carbocycles. The van der Waals surface area contributed by atoms with Gasteiger partial charge in [0.2, 0.25) is 0 Å². The highest BCUT2D eigenvalue weighted by Gasteiger charge is 2.27. The molecule has 0 amide bonds. The summed E-state index contributed by atoms with van der Waals surface area (Å²) in [7, 11) is -1.98. The average Bonchev–Trinajstić information content (AvgIpc) is 2.76. The molecule has 1 N–H and O–H groups in total. The molecule has 1 atom stereocenters. The molecule has 0 aliphatic heterocycles. The van der Waals surface area contributed by atoms with Crippen molar-refractivity contribution in [2.75, 3.05) is 12.7 Å². The van der Waals surface area contributed by atoms with Crippen molar-refractivity contribution < 1.29 is 0 Å². The molecule has 0 bridgehead atoms. The molecule has 3 heteroatoms. The molecule has 0 aliphatic rings. The molecule has 0 saturated heterocycles. The van der Waals surface area contributed by atoms with E-state index in [1.807, 2.05) is 0 Å². The molecule has 0 radical (unpaired) electrons. The molecule has 3 aromatic rings. The van der Waals surface area contributed by atoms with E-state index < -0.39 is 7.05 Å². The lowest BCUT2D eigenvalue weighted by molar-refractivity contribution is 0.570. The Kier molecular flexibility index (Phi) is 7.86. The van der Waals surface area contributed by atoms with Crippen LogP contribution in [-0.2, 0) is 0 Å². The quantitative estimate of drug-likeness (QED) is 0.330. The van der Waals surface area contributed by atoms with E-state index >= 15 is 0 Å². The first-order chi connectivity index (χ1) is 14.1. The van der Waals surface area contributed by atoms with Gasteiger partial charge in [-0.25, -0.2) is 0 Å². The normalized spacial score (nSPS) is 12.5. The van der Waals surface area contributed by atoms with E-state index in [2.05, 4.69) is 111 Å². The number of nitrogens with one attached hydrogen (secondary N) is 1. The third-order valence-electron chi connectivity index (χ3n) is 5.25. The summed E-state index contributed by atoms with van der Waals surface area (Å²) in [6.45, 7) is 7.73. The van der Waals surface area contributed by atoms with E-state index in [1.165, 1.54) is 29.0 Å². The van der Waals surface area contributed by atoms with Crippen LogP contribution in [0.3, 0.4) is 0 Å². The minimum absolute atomic E-state index is 0.393. The fourth-order valence-electron chi connectivity index (χ4n) is 3.66. The lowest BCUT2D eigenvalue weighted by Crippen LogP contribution is -2.34. The van der Waals surface area contributed by atoms with Crippen molar-refractivity contribution in [3.05, 3.63) is 90.5 Å². The minimum atomic E-state index is -1.98. The summed E-state index contributed by atoms with van der Waals surface area (Å²) < 4.78 is 5.51. The molecular weight excluding hydrogens is 371 g/mol. The number of nitrogens with zero attached hydrogens (tertiary/aromatic N) is 1. The highest BCUT2D eigenvalue weighted by atomic mass is 31.2. The summed E-state index contributed by atoms with van der Waals surface area (Å²) in [5.74, 6) is 0. The van der Waals surface area contributed by atoms with Crippen molar-refractivity contribution in [1.29, 1.82) is 0 Å². The van der Waals surface area contributed by atoms with Crippen molar-refractivity contribution in [3.8, 4) is 0 Å². The van der Waals surface area contributed by atoms with E-state index in [1.54, 1.807) is 0 Å². The third kappa shape index (κ3) is 5.69. The Morgan fingerprint density at radius 3 is 1.90 bits per heavy atom. The van der Waals surface area contributed by atoms with Gasteiger partial charge in [-0.1, -0.05) is 91.7 Å². The van der Waals surface area contributed by atoms with Gasteiger partial charge in [0.1, 0.15) is 0 Å². The van der Waals surface area contributed by atoms with Crippen LogP contribution in [0.15, 0.2) is 89.7 Å². The summed E-state index contributed by atoms with van der Waals surface area (Å²) in [5.41, 5.74) is 2.33. The van der Waals surface area contributed by atoms with Crippen molar-refractivity contribution in [2.24, 2.45) is 4.74 Å². The van der Waals surface area contributed by atoms with Crippen LogP contribution < -0.4 is 15.9 Å². The van der Waals surface area contributed by atoms with Crippen molar-refractivity contribution in [1.82, 2.24) is 5.32 Å². The molecule has 2 nitrogen and oxygen atoms in total.